The van der Waals surface area contributed by atoms with Crippen LogP contribution in [-0.4, -0.2) is 30.5 Å². The van der Waals surface area contributed by atoms with Crippen LogP contribution in [0.4, 0.5) is 19.1 Å². The Hall–Kier alpha value is -2.53. The van der Waals surface area contributed by atoms with E-state index in [4.69, 9.17) is 9.68 Å². The number of aryl methyl sites for hydroxylation is 1. The number of nitrogens with one attached hydrogen (secondary N) is 1. The molecular weight excluding hydrogens is 333 g/mol. The quantitative estimate of drug-likeness (QED) is 0.856. The third-order valence-corrected chi connectivity index (χ3v) is 3.78. The summed E-state index contributed by atoms with van der Waals surface area (Å²) < 4.78 is 43.6. The fourth-order valence-corrected chi connectivity index (χ4v) is 2.39. The summed E-state index contributed by atoms with van der Waals surface area (Å²) in [7, 11) is 3.65. The molecule has 1 heterocycles. The molecule has 5 nitrogen and oxygen atoms in total. The van der Waals surface area contributed by atoms with E-state index >= 15 is 0 Å². The zero-order chi connectivity index (χ0) is 18.6. The molecule has 2 rings (SSSR count). The molecule has 0 bridgehead atoms. The molecule has 0 spiro atoms. The zero-order valence-electron chi connectivity index (χ0n) is 14.2. The van der Waals surface area contributed by atoms with Gasteiger partial charge < -0.3 is 14.6 Å². The highest BCUT2D eigenvalue weighted by atomic mass is 19.4. The maximum Gasteiger partial charge on any atom is 0.416 e. The number of likely N-dealkylation sites (N-methyl/N-ethyl adjacent to an activating group) is 1. The van der Waals surface area contributed by atoms with Crippen LogP contribution in [-0.2, 0) is 12.6 Å². The fraction of sp³-hybridized carbons (Fsp3) is 0.412. The van der Waals surface area contributed by atoms with Gasteiger partial charge in [-0.3, -0.25) is 0 Å². The van der Waals surface area contributed by atoms with Crippen molar-refractivity contribution in [2.24, 2.45) is 0 Å². The molecule has 0 aliphatic rings. The Morgan fingerprint density at radius 3 is 2.40 bits per heavy atom. The van der Waals surface area contributed by atoms with Gasteiger partial charge in [0.05, 0.1) is 11.6 Å². The van der Waals surface area contributed by atoms with Crippen molar-refractivity contribution in [3.05, 3.63) is 47.0 Å². The highest BCUT2D eigenvalue weighted by molar-refractivity contribution is 5.45. The number of nitrogens with zero attached hydrogens (tertiary/aromatic N) is 3. The lowest BCUT2D eigenvalue weighted by molar-refractivity contribution is -0.137. The van der Waals surface area contributed by atoms with E-state index in [1.807, 2.05) is 32.0 Å². The van der Waals surface area contributed by atoms with Crippen molar-refractivity contribution in [3.63, 3.8) is 0 Å². The van der Waals surface area contributed by atoms with Crippen LogP contribution in [0.1, 0.15) is 35.7 Å². The minimum absolute atomic E-state index is 0.168. The maximum atomic E-state index is 12.7. The molecule has 0 fully saturated rings. The molecule has 0 radical (unpaired) electrons. The van der Waals surface area contributed by atoms with E-state index in [1.165, 1.54) is 12.1 Å². The number of aromatic nitrogens is 1. The van der Waals surface area contributed by atoms with Gasteiger partial charge in [-0.05, 0) is 31.8 Å². The predicted molar refractivity (Wildman–Crippen MR) is 87.0 cm³/mol. The molecule has 0 saturated heterocycles. The lowest BCUT2D eigenvalue weighted by atomic mass is 10.0. The summed E-state index contributed by atoms with van der Waals surface area (Å²) >= 11 is 0. The molecule has 8 heteroatoms. The summed E-state index contributed by atoms with van der Waals surface area (Å²) in [4.78, 5) is 5.93. The van der Waals surface area contributed by atoms with Crippen molar-refractivity contribution in [3.8, 4) is 6.07 Å². The summed E-state index contributed by atoms with van der Waals surface area (Å²) in [5, 5.41) is 12.1. The number of halogens is 3. The predicted octanol–water partition coefficient (Wildman–Crippen LogP) is 3.84. The Kier molecular flexibility index (Phi) is 5.69. The van der Waals surface area contributed by atoms with Gasteiger partial charge in [0, 0.05) is 13.0 Å². The van der Waals surface area contributed by atoms with Crippen LogP contribution in [0.3, 0.4) is 0 Å². The van der Waals surface area contributed by atoms with Gasteiger partial charge in [0.25, 0.3) is 0 Å². The molecule has 1 aromatic heterocycles. The van der Waals surface area contributed by atoms with Crippen LogP contribution in [0.5, 0.6) is 0 Å². The summed E-state index contributed by atoms with van der Waals surface area (Å²) in [6.45, 7) is 2.22. The van der Waals surface area contributed by atoms with E-state index in [9.17, 15) is 13.2 Å². The normalized spacial score (nSPS) is 12.9. The number of nitriles is 1. The topological polar surface area (TPSA) is 65.1 Å². The van der Waals surface area contributed by atoms with Crippen LogP contribution in [0.2, 0.25) is 0 Å². The number of rotatable bonds is 6. The first-order valence-electron chi connectivity index (χ1n) is 7.73. The smallest absolute Gasteiger partial charge is 0.416 e. The first kappa shape index (κ1) is 18.8. The van der Waals surface area contributed by atoms with E-state index in [2.05, 4.69) is 10.3 Å². The highest BCUT2D eigenvalue weighted by Gasteiger charge is 2.30. The molecule has 1 aromatic carbocycles. The van der Waals surface area contributed by atoms with Crippen molar-refractivity contribution >= 4 is 5.88 Å². The van der Waals surface area contributed by atoms with Crippen LogP contribution in [0.25, 0.3) is 0 Å². The SMILES string of the molecule is CCc1nc(C#N)c(NC[C@@H](c2ccc(C(F)(F)F)cc2)N(C)C)o1. The van der Waals surface area contributed by atoms with Crippen LogP contribution in [0.15, 0.2) is 28.7 Å². The van der Waals surface area contributed by atoms with Crippen LogP contribution < -0.4 is 5.32 Å². The lowest BCUT2D eigenvalue weighted by Gasteiger charge is -2.25. The average Bonchev–Trinajstić information content (AvgIpc) is 2.97. The summed E-state index contributed by atoms with van der Waals surface area (Å²) in [5.41, 5.74) is 0.206. The molecule has 1 atom stereocenters. The Bertz CT molecular complexity index is 745. The van der Waals surface area contributed by atoms with Crippen molar-refractivity contribution in [1.29, 1.82) is 5.26 Å². The van der Waals surface area contributed by atoms with Crippen LogP contribution in [0, 0.1) is 11.3 Å². The highest BCUT2D eigenvalue weighted by Crippen LogP contribution is 2.30. The van der Waals surface area contributed by atoms with Gasteiger partial charge in [-0.2, -0.15) is 18.4 Å². The Balaban J connectivity index is 2.17. The standard InChI is InChI=1S/C17H19F3N4O/c1-4-15-23-13(9-21)16(25-15)22-10-14(24(2)3)11-5-7-12(8-6-11)17(18,19)20/h5-8,14,22H,4,10H2,1-3H3/t14-/m0/s1. The second-order valence-corrected chi connectivity index (χ2v) is 5.73. The minimum atomic E-state index is -4.36. The van der Waals surface area contributed by atoms with Gasteiger partial charge in [-0.1, -0.05) is 19.1 Å². The third kappa shape index (κ3) is 4.51. The van der Waals surface area contributed by atoms with Crippen LogP contribution >= 0.6 is 0 Å². The summed E-state index contributed by atoms with van der Waals surface area (Å²) in [5.74, 6) is 0.730. The lowest BCUT2D eigenvalue weighted by Crippen LogP contribution is -2.27. The second-order valence-electron chi connectivity index (χ2n) is 5.73. The van der Waals surface area contributed by atoms with E-state index < -0.39 is 11.7 Å². The molecule has 0 saturated carbocycles. The van der Waals surface area contributed by atoms with Gasteiger partial charge in [-0.15, -0.1) is 0 Å². The minimum Gasteiger partial charge on any atom is -0.424 e. The number of alkyl halides is 3. The molecule has 0 unspecified atom stereocenters. The molecule has 0 aliphatic carbocycles. The van der Waals surface area contributed by atoms with Crippen molar-refractivity contribution in [2.75, 3.05) is 26.0 Å². The number of anilines is 1. The number of oxazole rings is 1. The fourth-order valence-electron chi connectivity index (χ4n) is 2.39. The summed E-state index contributed by atoms with van der Waals surface area (Å²) in [6, 6.07) is 6.80. The van der Waals surface area contributed by atoms with Gasteiger partial charge in [0.15, 0.2) is 5.89 Å². The molecule has 134 valence electrons. The molecule has 0 aliphatic heterocycles. The van der Waals surface area contributed by atoms with E-state index in [1.54, 1.807) is 0 Å². The van der Waals surface area contributed by atoms with Crippen molar-refractivity contribution in [1.82, 2.24) is 9.88 Å². The summed E-state index contributed by atoms with van der Waals surface area (Å²) in [6.07, 6.45) is -3.80. The van der Waals surface area contributed by atoms with Gasteiger partial charge in [0.2, 0.25) is 11.6 Å². The van der Waals surface area contributed by atoms with E-state index in [-0.39, 0.29) is 17.6 Å². The first-order chi connectivity index (χ1) is 11.8. The maximum absolute atomic E-state index is 12.7. The molecule has 0 amide bonds. The average molecular weight is 352 g/mol. The van der Waals surface area contributed by atoms with Crippen molar-refractivity contribution < 1.29 is 17.6 Å². The molecule has 2 aromatic rings. The zero-order valence-corrected chi connectivity index (χ0v) is 14.2. The monoisotopic (exact) mass is 352 g/mol. The first-order valence-corrected chi connectivity index (χ1v) is 7.73. The van der Waals surface area contributed by atoms with E-state index in [0.717, 1.165) is 17.7 Å². The Morgan fingerprint density at radius 1 is 1.28 bits per heavy atom. The third-order valence-electron chi connectivity index (χ3n) is 3.78. The van der Waals surface area contributed by atoms with Gasteiger partial charge in [0.1, 0.15) is 6.07 Å². The van der Waals surface area contributed by atoms with E-state index in [0.29, 0.717) is 18.9 Å². The number of hydrogen-bond acceptors (Lipinski definition) is 5. The largest absolute Gasteiger partial charge is 0.424 e. The van der Waals surface area contributed by atoms with Gasteiger partial charge >= 0.3 is 6.18 Å². The second kappa shape index (κ2) is 7.57. The number of benzene rings is 1. The Morgan fingerprint density at radius 2 is 1.92 bits per heavy atom. The molecule has 25 heavy (non-hydrogen) atoms. The Labute approximate surface area is 144 Å². The molecular formula is C17H19F3N4O. The van der Waals surface area contributed by atoms with Crippen molar-refractivity contribution in [2.45, 2.75) is 25.6 Å². The molecule has 1 N–H and O–H groups in total. The van der Waals surface area contributed by atoms with Gasteiger partial charge in [-0.25, -0.2) is 4.98 Å². The number of hydrogen-bond donors (Lipinski definition) is 1.